The molecule has 1 saturated heterocycles. The first-order valence-electron chi connectivity index (χ1n) is 14.8. The van der Waals surface area contributed by atoms with Crippen LogP contribution < -0.4 is 20.1 Å². The third kappa shape index (κ3) is 9.41. The number of methoxy groups -OCH3 is 2. The third-order valence-electron chi connectivity index (χ3n) is 6.98. The van der Waals surface area contributed by atoms with E-state index >= 15 is 0 Å². The van der Waals surface area contributed by atoms with Crippen molar-refractivity contribution < 1.29 is 33.3 Å². The fourth-order valence-electron chi connectivity index (χ4n) is 4.57. The van der Waals surface area contributed by atoms with Crippen LogP contribution in [0.25, 0.3) is 5.70 Å². The molecule has 244 valence electrons. The number of piperazine rings is 1. The van der Waals surface area contributed by atoms with Gasteiger partial charge >= 0.3 is 12.1 Å². The Balaban J connectivity index is 1.21. The zero-order valence-corrected chi connectivity index (χ0v) is 26.7. The van der Waals surface area contributed by atoms with E-state index in [1.165, 1.54) is 6.08 Å². The number of esters is 1. The number of anilines is 1. The Morgan fingerprint density at radius 1 is 1.00 bits per heavy atom. The molecule has 1 fully saturated rings. The Kier molecular flexibility index (Phi) is 11.2. The maximum Gasteiger partial charge on any atom is 0.410 e. The van der Waals surface area contributed by atoms with E-state index in [4.69, 9.17) is 24.4 Å². The summed E-state index contributed by atoms with van der Waals surface area (Å²) < 4.78 is 21.5. The van der Waals surface area contributed by atoms with Gasteiger partial charge in [0.25, 0.3) is 5.91 Å². The molecule has 0 radical (unpaired) electrons. The minimum absolute atomic E-state index is 0.203. The van der Waals surface area contributed by atoms with Crippen LogP contribution in [0, 0.1) is 5.41 Å². The van der Waals surface area contributed by atoms with Crippen molar-refractivity contribution in [2.45, 2.75) is 26.4 Å². The number of carbonyl (C=O) groups is 3. The first-order valence-corrected chi connectivity index (χ1v) is 14.8. The highest BCUT2D eigenvalue weighted by Gasteiger charge is 2.26. The second-order valence-corrected chi connectivity index (χ2v) is 11.5. The summed E-state index contributed by atoms with van der Waals surface area (Å²) in [7, 11) is 3.12. The van der Waals surface area contributed by atoms with Gasteiger partial charge in [0.1, 0.15) is 23.7 Å². The number of amides is 2. The lowest BCUT2D eigenvalue weighted by molar-refractivity contribution is -0.110. The van der Waals surface area contributed by atoms with E-state index < -0.39 is 17.5 Å². The molecule has 0 bridgehead atoms. The van der Waals surface area contributed by atoms with Gasteiger partial charge in [-0.15, -0.1) is 0 Å². The van der Waals surface area contributed by atoms with E-state index in [-0.39, 0.29) is 18.4 Å². The SMILES string of the molecule is COc1ccc(C2=CC=N/C(=C/C(=N)C(=O)Nc3ccc(C(=O)OCCN4CCN(C(=O)OC(C)(C)C)CC4)cc3)N2)cc1OC. The van der Waals surface area contributed by atoms with Crippen LogP contribution in [0.5, 0.6) is 11.5 Å². The zero-order chi connectivity index (χ0) is 33.3. The van der Waals surface area contributed by atoms with E-state index in [0.717, 1.165) is 5.56 Å². The molecule has 3 N–H and O–H groups in total. The van der Waals surface area contributed by atoms with Crippen LogP contribution >= 0.6 is 0 Å². The van der Waals surface area contributed by atoms with Crippen LogP contribution in [0.1, 0.15) is 36.7 Å². The highest BCUT2D eigenvalue weighted by atomic mass is 16.6. The van der Waals surface area contributed by atoms with Crippen molar-refractivity contribution in [1.29, 1.82) is 5.41 Å². The number of allylic oxidation sites excluding steroid dienone is 1. The van der Waals surface area contributed by atoms with Gasteiger partial charge in [-0.2, -0.15) is 0 Å². The molecule has 2 aliphatic rings. The summed E-state index contributed by atoms with van der Waals surface area (Å²) >= 11 is 0. The number of benzene rings is 2. The first kappa shape index (κ1) is 33.7. The average molecular weight is 633 g/mol. The Bertz CT molecular complexity index is 1530. The summed E-state index contributed by atoms with van der Waals surface area (Å²) in [6.07, 6.45) is 4.34. The van der Waals surface area contributed by atoms with E-state index in [1.54, 1.807) is 61.7 Å². The molecule has 0 aliphatic carbocycles. The summed E-state index contributed by atoms with van der Waals surface area (Å²) in [6.45, 7) is 8.69. The molecule has 0 saturated carbocycles. The van der Waals surface area contributed by atoms with E-state index in [2.05, 4.69) is 20.5 Å². The zero-order valence-electron chi connectivity index (χ0n) is 26.7. The molecule has 2 heterocycles. The second-order valence-electron chi connectivity index (χ2n) is 11.5. The van der Waals surface area contributed by atoms with Crippen molar-refractivity contribution in [3.8, 4) is 11.5 Å². The van der Waals surface area contributed by atoms with E-state index in [1.807, 2.05) is 32.9 Å². The maximum atomic E-state index is 12.7. The quantitative estimate of drug-likeness (QED) is 0.261. The maximum absolute atomic E-state index is 12.7. The van der Waals surface area contributed by atoms with Gasteiger partial charge < -0.3 is 34.5 Å². The van der Waals surface area contributed by atoms with Crippen LogP contribution in [-0.4, -0.2) is 98.8 Å². The third-order valence-corrected chi connectivity index (χ3v) is 6.98. The Morgan fingerprint density at radius 3 is 2.35 bits per heavy atom. The van der Waals surface area contributed by atoms with Crippen molar-refractivity contribution in [3.63, 3.8) is 0 Å². The van der Waals surface area contributed by atoms with Gasteiger partial charge in [0.2, 0.25) is 0 Å². The Hall–Kier alpha value is -5.17. The van der Waals surface area contributed by atoms with Crippen molar-refractivity contribution in [3.05, 3.63) is 71.6 Å². The predicted molar refractivity (Wildman–Crippen MR) is 175 cm³/mol. The number of hydrogen-bond acceptors (Lipinski definition) is 11. The molecule has 0 spiro atoms. The minimum Gasteiger partial charge on any atom is -0.493 e. The van der Waals surface area contributed by atoms with Gasteiger partial charge in [0, 0.05) is 62.0 Å². The fraction of sp³-hybridized carbons (Fsp3) is 0.364. The smallest absolute Gasteiger partial charge is 0.410 e. The molecule has 0 atom stereocenters. The van der Waals surface area contributed by atoms with Crippen LogP contribution in [-0.2, 0) is 14.3 Å². The number of ether oxygens (including phenoxy) is 4. The predicted octanol–water partition coefficient (Wildman–Crippen LogP) is 3.93. The standard InChI is InChI=1S/C33H40N6O7/c1-33(2,3)46-32(42)39-16-14-38(15-17-39)18-19-45-31(41)22-6-9-24(10-7-22)36-30(40)25(34)21-29-35-13-12-26(37-29)23-8-11-27(43-4)28(20-23)44-5/h6-13,20-21,34,37H,14-19H2,1-5H3,(H,36,40)/b29-21-,34-25?. The number of rotatable bonds is 10. The molecular formula is C33H40N6O7. The number of carbonyl (C=O) groups excluding carboxylic acids is 3. The van der Waals surface area contributed by atoms with Gasteiger partial charge in [-0.05, 0) is 69.3 Å². The largest absolute Gasteiger partial charge is 0.493 e. The van der Waals surface area contributed by atoms with Crippen LogP contribution in [0.2, 0.25) is 0 Å². The summed E-state index contributed by atoms with van der Waals surface area (Å²) in [6, 6.07) is 11.7. The Morgan fingerprint density at radius 2 is 1.70 bits per heavy atom. The van der Waals surface area contributed by atoms with Crippen molar-refractivity contribution in [2.75, 3.05) is 58.9 Å². The number of aliphatic imine (C=N–C) groups is 1. The molecule has 2 aromatic carbocycles. The van der Waals surface area contributed by atoms with Crippen molar-refractivity contribution in [1.82, 2.24) is 15.1 Å². The monoisotopic (exact) mass is 632 g/mol. The van der Waals surface area contributed by atoms with Gasteiger partial charge in [-0.1, -0.05) is 0 Å². The molecule has 2 aromatic rings. The van der Waals surface area contributed by atoms with Crippen LogP contribution in [0.3, 0.4) is 0 Å². The van der Waals surface area contributed by atoms with Gasteiger partial charge in [0.15, 0.2) is 11.5 Å². The summed E-state index contributed by atoms with van der Waals surface area (Å²) in [5, 5.41) is 14.0. The van der Waals surface area contributed by atoms with Crippen molar-refractivity contribution >= 4 is 41.3 Å². The molecule has 13 nitrogen and oxygen atoms in total. The van der Waals surface area contributed by atoms with Gasteiger partial charge in [0.05, 0.1) is 19.8 Å². The topological polar surface area (TPSA) is 155 Å². The second kappa shape index (κ2) is 15.2. The molecule has 13 heteroatoms. The molecular weight excluding hydrogens is 592 g/mol. The van der Waals surface area contributed by atoms with Crippen LogP contribution in [0.4, 0.5) is 10.5 Å². The highest BCUT2D eigenvalue weighted by Crippen LogP contribution is 2.30. The number of nitrogens with zero attached hydrogens (tertiary/aromatic N) is 3. The van der Waals surface area contributed by atoms with Crippen molar-refractivity contribution in [2.24, 2.45) is 4.99 Å². The molecule has 0 unspecified atom stereocenters. The fourth-order valence-corrected chi connectivity index (χ4v) is 4.57. The normalized spacial score (nSPS) is 15.8. The summed E-state index contributed by atoms with van der Waals surface area (Å²) in [5.74, 6) is 0.347. The molecule has 4 rings (SSSR count). The molecule has 0 aromatic heterocycles. The molecule has 2 aliphatic heterocycles. The number of nitrogens with one attached hydrogen (secondary N) is 3. The minimum atomic E-state index is -0.645. The van der Waals surface area contributed by atoms with Gasteiger partial charge in [-0.25, -0.2) is 14.6 Å². The number of hydrogen-bond donors (Lipinski definition) is 3. The lowest BCUT2D eigenvalue weighted by atomic mass is 10.1. The van der Waals surface area contributed by atoms with Crippen LogP contribution in [0.15, 0.2) is 65.4 Å². The molecule has 2 amide bonds. The first-order chi connectivity index (χ1) is 22.0. The lowest BCUT2D eigenvalue weighted by Gasteiger charge is -2.35. The van der Waals surface area contributed by atoms with Gasteiger partial charge in [-0.3, -0.25) is 15.1 Å². The van der Waals surface area contributed by atoms with E-state index in [0.29, 0.717) is 67.0 Å². The Labute approximate surface area is 268 Å². The average Bonchev–Trinajstić information content (AvgIpc) is 3.04. The molecule has 46 heavy (non-hydrogen) atoms. The lowest BCUT2D eigenvalue weighted by Crippen LogP contribution is -2.50. The van der Waals surface area contributed by atoms with E-state index in [9.17, 15) is 14.4 Å². The summed E-state index contributed by atoms with van der Waals surface area (Å²) in [4.78, 5) is 45.5. The highest BCUT2D eigenvalue weighted by molar-refractivity contribution is 6.46. The summed E-state index contributed by atoms with van der Waals surface area (Å²) in [5.41, 5.74) is 1.41.